The lowest BCUT2D eigenvalue weighted by molar-refractivity contribution is -0.141. The minimum Gasteiger partial charge on any atom is -0.480 e. The molecule has 200 valence electrons. The molecule has 2 amide bonds. The van der Waals surface area contributed by atoms with Crippen molar-refractivity contribution in [3.8, 4) is 0 Å². The van der Waals surface area contributed by atoms with E-state index in [0.29, 0.717) is 23.0 Å². The molecule has 0 aliphatic heterocycles. The van der Waals surface area contributed by atoms with Crippen LogP contribution in [0.1, 0.15) is 56.1 Å². The fourth-order valence-electron chi connectivity index (χ4n) is 4.57. The van der Waals surface area contributed by atoms with E-state index in [2.05, 4.69) is 17.6 Å². The summed E-state index contributed by atoms with van der Waals surface area (Å²) >= 11 is 6.04. The van der Waals surface area contributed by atoms with Crippen molar-refractivity contribution in [2.75, 3.05) is 20.1 Å². The Kier molecular flexibility index (Phi) is 12.3. The van der Waals surface area contributed by atoms with Gasteiger partial charge in [0, 0.05) is 36.5 Å². The monoisotopic (exact) mass is 527 g/mol. The average Bonchev–Trinajstić information content (AvgIpc) is 2.94. The third-order valence-corrected chi connectivity index (χ3v) is 6.95. The molecule has 1 fully saturated rings. The number of benzene rings is 2. The van der Waals surface area contributed by atoms with Gasteiger partial charge in [0.05, 0.1) is 0 Å². The molecule has 1 aliphatic rings. The molecule has 2 aromatic rings. The Balaban J connectivity index is 0.00000235. The van der Waals surface area contributed by atoms with E-state index < -0.39 is 24.0 Å². The lowest BCUT2D eigenvalue weighted by atomic mass is 9.88. The third kappa shape index (κ3) is 8.40. The lowest BCUT2D eigenvalue weighted by Gasteiger charge is -2.35. The Morgan fingerprint density at radius 3 is 2.24 bits per heavy atom. The molecule has 0 aromatic heterocycles. The second-order valence-corrected chi connectivity index (χ2v) is 9.50. The highest BCUT2D eigenvalue weighted by Crippen LogP contribution is 2.27. The van der Waals surface area contributed by atoms with Crippen LogP contribution in [0.5, 0.6) is 0 Å². The van der Waals surface area contributed by atoms with Crippen molar-refractivity contribution in [3.63, 3.8) is 0 Å². The molecule has 3 rings (SSSR count). The van der Waals surface area contributed by atoms with E-state index >= 15 is 0 Å². The van der Waals surface area contributed by atoms with E-state index in [1.54, 1.807) is 24.3 Å². The van der Waals surface area contributed by atoms with Gasteiger partial charge in [0.15, 0.2) is 0 Å². The van der Waals surface area contributed by atoms with Crippen LogP contribution in [-0.4, -0.2) is 65.6 Å². The Morgan fingerprint density at radius 2 is 1.70 bits per heavy atom. The summed E-state index contributed by atoms with van der Waals surface area (Å²) in [6.45, 7) is 5.49. The predicted octanol–water partition coefficient (Wildman–Crippen LogP) is 5.46. The van der Waals surface area contributed by atoms with Gasteiger partial charge < -0.3 is 21.1 Å². The largest absolute Gasteiger partial charge is 0.480 e. The van der Waals surface area contributed by atoms with Crippen molar-refractivity contribution < 1.29 is 14.7 Å². The quantitative estimate of drug-likeness (QED) is 0.280. The van der Waals surface area contributed by atoms with Crippen LogP contribution in [0.2, 0.25) is 5.02 Å². The van der Waals surface area contributed by atoms with E-state index in [1.165, 1.54) is 30.3 Å². The van der Waals surface area contributed by atoms with Crippen LogP contribution < -0.4 is 5.73 Å². The third-order valence-electron chi connectivity index (χ3n) is 6.70. The molecule has 2 aromatic carbocycles. The molecule has 37 heavy (non-hydrogen) atoms. The van der Waals surface area contributed by atoms with E-state index in [4.69, 9.17) is 17.0 Å². The van der Waals surface area contributed by atoms with Gasteiger partial charge in [-0.25, -0.2) is 14.6 Å². The van der Waals surface area contributed by atoms with Gasteiger partial charge in [-0.2, -0.15) is 5.10 Å². The first kappa shape index (κ1) is 30.0. The lowest BCUT2D eigenvalue weighted by Crippen LogP contribution is -2.51. The van der Waals surface area contributed by atoms with Crippen LogP contribution in [0.3, 0.4) is 0 Å². The maximum absolute atomic E-state index is 13.6. The molecule has 0 bridgehead atoms. The maximum Gasteiger partial charge on any atom is 0.341 e. The predicted molar refractivity (Wildman–Crippen MR) is 150 cm³/mol. The standard InChI is InChI=1S/C27H33ClN4O3.CH5N/c1-19(26(33)34)31(27(35)32(30-2)17-20-9-5-3-6-10-20)18-24(21-11-7-4-8-12-21)25(29)22-13-15-23(28)16-14-22;1-2/h4,7-8,11-16,19-20,24,29H,2-3,5-6,9-10,17-18H2,1H3,(H,33,34);2H2,1H3. The van der Waals surface area contributed by atoms with Crippen LogP contribution >= 0.6 is 11.6 Å². The number of aliphatic carboxylic acids is 1. The first-order valence-corrected chi connectivity index (χ1v) is 12.9. The summed E-state index contributed by atoms with van der Waals surface area (Å²) < 4.78 is 0. The molecule has 1 aliphatic carbocycles. The van der Waals surface area contributed by atoms with Gasteiger partial charge in [-0.3, -0.25) is 0 Å². The number of nitrogens with two attached hydrogens (primary N) is 1. The highest BCUT2D eigenvalue weighted by atomic mass is 35.5. The summed E-state index contributed by atoms with van der Waals surface area (Å²) in [6, 6.07) is 14.7. The zero-order valence-electron chi connectivity index (χ0n) is 21.6. The van der Waals surface area contributed by atoms with Crippen LogP contribution in [0.25, 0.3) is 0 Å². The van der Waals surface area contributed by atoms with Crippen LogP contribution in [0.4, 0.5) is 4.79 Å². The van der Waals surface area contributed by atoms with Crippen LogP contribution in [0.15, 0.2) is 59.7 Å². The van der Waals surface area contributed by atoms with Crippen molar-refractivity contribution in [2.45, 2.75) is 51.0 Å². The van der Waals surface area contributed by atoms with Crippen molar-refractivity contribution in [1.29, 1.82) is 5.41 Å². The Hall–Kier alpha value is -3.23. The minimum atomic E-state index is -1.12. The fourth-order valence-corrected chi connectivity index (χ4v) is 4.70. The van der Waals surface area contributed by atoms with Crippen molar-refractivity contribution >= 4 is 36.0 Å². The van der Waals surface area contributed by atoms with E-state index in [0.717, 1.165) is 31.2 Å². The van der Waals surface area contributed by atoms with Gasteiger partial charge in [0.2, 0.25) is 0 Å². The molecule has 0 heterocycles. The molecule has 0 spiro atoms. The maximum atomic E-state index is 13.6. The number of hydrazone groups is 1. The summed E-state index contributed by atoms with van der Waals surface area (Å²) in [6.07, 6.45) is 5.46. The van der Waals surface area contributed by atoms with Gasteiger partial charge in [-0.1, -0.05) is 73.3 Å². The van der Waals surface area contributed by atoms with Crippen molar-refractivity contribution in [2.24, 2.45) is 16.8 Å². The smallest absolute Gasteiger partial charge is 0.341 e. The second kappa shape index (κ2) is 15.1. The molecule has 2 atom stereocenters. The van der Waals surface area contributed by atoms with Gasteiger partial charge in [0.1, 0.15) is 6.04 Å². The summed E-state index contributed by atoms with van der Waals surface area (Å²) in [7, 11) is 1.50. The number of carbonyl (C=O) groups is 2. The molecule has 0 radical (unpaired) electrons. The number of nitrogens with one attached hydrogen (secondary N) is 1. The number of urea groups is 1. The number of nitrogens with zero attached hydrogens (tertiary/aromatic N) is 3. The average molecular weight is 528 g/mol. The molecule has 0 saturated heterocycles. The summed E-state index contributed by atoms with van der Waals surface area (Å²) in [5, 5.41) is 24.6. The number of amides is 2. The second-order valence-electron chi connectivity index (χ2n) is 9.06. The van der Waals surface area contributed by atoms with Crippen LogP contribution in [0, 0.1) is 11.3 Å². The number of carboxylic acids is 1. The molecule has 1 saturated carbocycles. The first-order chi connectivity index (χ1) is 17.8. The minimum absolute atomic E-state index is 0.00839. The van der Waals surface area contributed by atoms with E-state index in [-0.39, 0.29) is 12.3 Å². The SMILES string of the molecule is C=NN(CC1CCCCC1)C(=O)N(CC(C(=N)c1ccc(Cl)cc1)c1ccccc1)C(C)C(=O)O.CN. The summed E-state index contributed by atoms with van der Waals surface area (Å²) in [4.78, 5) is 26.9. The van der Waals surface area contributed by atoms with E-state index in [1.807, 2.05) is 30.3 Å². The van der Waals surface area contributed by atoms with Crippen LogP contribution in [-0.2, 0) is 4.79 Å². The zero-order valence-corrected chi connectivity index (χ0v) is 22.4. The normalized spacial score (nSPS) is 14.9. The number of halogens is 1. The number of rotatable bonds is 10. The van der Waals surface area contributed by atoms with Crippen molar-refractivity contribution in [3.05, 3.63) is 70.7 Å². The Bertz CT molecular complexity index is 1030. The van der Waals surface area contributed by atoms with Gasteiger partial charge >= 0.3 is 12.0 Å². The van der Waals surface area contributed by atoms with Gasteiger partial charge in [-0.15, -0.1) is 0 Å². The van der Waals surface area contributed by atoms with E-state index in [9.17, 15) is 14.7 Å². The van der Waals surface area contributed by atoms with Gasteiger partial charge in [-0.05, 0) is 56.0 Å². The summed E-state index contributed by atoms with van der Waals surface area (Å²) in [5.74, 6) is -1.35. The zero-order chi connectivity index (χ0) is 27.4. The number of carboxylic acid groups (broad SMARTS) is 1. The highest BCUT2D eigenvalue weighted by Gasteiger charge is 2.34. The van der Waals surface area contributed by atoms with Crippen molar-refractivity contribution in [1.82, 2.24) is 9.91 Å². The molecule has 2 unspecified atom stereocenters. The fraction of sp³-hybridized carbons (Fsp3) is 0.429. The summed E-state index contributed by atoms with van der Waals surface area (Å²) in [5.41, 5.74) is 6.24. The molecular weight excluding hydrogens is 490 g/mol. The molecule has 8 nitrogen and oxygen atoms in total. The molecule has 9 heteroatoms. The number of hydrogen-bond acceptors (Lipinski definition) is 5. The topological polar surface area (TPSA) is 123 Å². The highest BCUT2D eigenvalue weighted by molar-refractivity contribution is 6.30. The van der Waals surface area contributed by atoms with Gasteiger partial charge in [0.25, 0.3) is 0 Å². The number of hydrogen-bond donors (Lipinski definition) is 3. The molecular formula is C28H38ClN5O3. The first-order valence-electron chi connectivity index (χ1n) is 12.6. The molecule has 4 N–H and O–H groups in total. The Labute approximate surface area is 224 Å². The number of carbonyl (C=O) groups excluding carboxylic acids is 1. The Morgan fingerprint density at radius 1 is 1.11 bits per heavy atom.